The third-order valence-electron chi connectivity index (χ3n) is 3.17. The molecule has 1 aliphatic heterocycles. The van der Waals surface area contributed by atoms with E-state index in [2.05, 4.69) is 47.8 Å². The smallest absolute Gasteiger partial charge is 0.122 e. The maximum absolute atomic E-state index is 5.52. The van der Waals surface area contributed by atoms with Gasteiger partial charge in [0.05, 0.1) is 6.61 Å². The van der Waals surface area contributed by atoms with Crippen LogP contribution in [-0.4, -0.2) is 13.7 Å². The second-order valence-corrected chi connectivity index (χ2v) is 4.25. The average molecular weight is 225 g/mol. The Balaban J connectivity index is 2.03. The number of fused-ring (bicyclic) bond motifs is 1. The molecule has 2 heteroatoms. The van der Waals surface area contributed by atoms with Crippen molar-refractivity contribution in [2.24, 2.45) is 0 Å². The van der Waals surface area contributed by atoms with Crippen molar-refractivity contribution in [2.75, 3.05) is 19.0 Å². The number of rotatable bonds is 2. The fourth-order valence-corrected chi connectivity index (χ4v) is 2.22. The minimum atomic E-state index is 0.815. The van der Waals surface area contributed by atoms with Gasteiger partial charge in [-0.2, -0.15) is 0 Å². The fourth-order valence-electron chi connectivity index (χ4n) is 2.22. The van der Waals surface area contributed by atoms with E-state index in [0.717, 1.165) is 24.5 Å². The zero-order chi connectivity index (χ0) is 11.7. The standard InChI is InChI=1S/C15H15NO/c1-16-14-4-2-3-11(10-14)12-5-6-15-13(9-12)7-8-17-15/h2-6,9-10,16H,7-8H2,1H3. The van der Waals surface area contributed by atoms with Crippen molar-refractivity contribution in [2.45, 2.75) is 6.42 Å². The second kappa shape index (κ2) is 4.13. The lowest BCUT2D eigenvalue weighted by Crippen LogP contribution is -1.88. The summed E-state index contributed by atoms with van der Waals surface area (Å²) in [5.41, 5.74) is 4.95. The van der Waals surface area contributed by atoms with Gasteiger partial charge < -0.3 is 10.1 Å². The summed E-state index contributed by atoms with van der Waals surface area (Å²) in [5.74, 6) is 1.04. The topological polar surface area (TPSA) is 21.3 Å². The summed E-state index contributed by atoms with van der Waals surface area (Å²) in [4.78, 5) is 0. The molecule has 0 fully saturated rings. The molecule has 1 aliphatic rings. The van der Waals surface area contributed by atoms with Gasteiger partial charge in [-0.25, -0.2) is 0 Å². The Kier molecular flexibility index (Phi) is 2.48. The van der Waals surface area contributed by atoms with Crippen molar-refractivity contribution in [1.29, 1.82) is 0 Å². The third-order valence-corrected chi connectivity index (χ3v) is 3.17. The number of hydrogen-bond donors (Lipinski definition) is 1. The monoisotopic (exact) mass is 225 g/mol. The first-order valence-corrected chi connectivity index (χ1v) is 5.91. The number of ether oxygens (including phenoxy) is 1. The summed E-state index contributed by atoms with van der Waals surface area (Å²) in [7, 11) is 1.94. The van der Waals surface area contributed by atoms with Gasteiger partial charge in [0.15, 0.2) is 0 Å². The molecule has 0 spiro atoms. The SMILES string of the molecule is CNc1cccc(-c2ccc3c(c2)CCO3)c1. The van der Waals surface area contributed by atoms with E-state index >= 15 is 0 Å². The Bertz CT molecular complexity index is 548. The number of benzene rings is 2. The van der Waals surface area contributed by atoms with Gasteiger partial charge in [-0.15, -0.1) is 0 Å². The van der Waals surface area contributed by atoms with Crippen LogP contribution in [0.3, 0.4) is 0 Å². The van der Waals surface area contributed by atoms with Crippen LogP contribution < -0.4 is 10.1 Å². The van der Waals surface area contributed by atoms with E-state index in [0.29, 0.717) is 0 Å². The molecule has 0 aromatic heterocycles. The molecule has 2 aromatic rings. The van der Waals surface area contributed by atoms with Gasteiger partial charge in [-0.3, -0.25) is 0 Å². The van der Waals surface area contributed by atoms with Crippen LogP contribution in [0.15, 0.2) is 42.5 Å². The van der Waals surface area contributed by atoms with Crippen LogP contribution in [0.4, 0.5) is 5.69 Å². The number of hydrogen-bond acceptors (Lipinski definition) is 2. The minimum absolute atomic E-state index is 0.815. The van der Waals surface area contributed by atoms with Crippen LogP contribution in [0.5, 0.6) is 5.75 Å². The van der Waals surface area contributed by atoms with Crippen LogP contribution in [0.2, 0.25) is 0 Å². The molecule has 0 saturated carbocycles. The Morgan fingerprint density at radius 2 is 1.94 bits per heavy atom. The molecular formula is C15H15NO. The van der Waals surface area contributed by atoms with Crippen molar-refractivity contribution in [3.05, 3.63) is 48.0 Å². The van der Waals surface area contributed by atoms with E-state index in [9.17, 15) is 0 Å². The third kappa shape index (κ3) is 1.86. The fraction of sp³-hybridized carbons (Fsp3) is 0.200. The van der Waals surface area contributed by atoms with Crippen LogP contribution in [0, 0.1) is 0 Å². The van der Waals surface area contributed by atoms with E-state index in [1.165, 1.54) is 16.7 Å². The molecule has 0 atom stereocenters. The van der Waals surface area contributed by atoms with E-state index in [-0.39, 0.29) is 0 Å². The highest BCUT2D eigenvalue weighted by molar-refractivity contribution is 5.69. The highest BCUT2D eigenvalue weighted by Crippen LogP contribution is 2.31. The summed E-state index contributed by atoms with van der Waals surface area (Å²) in [6.45, 7) is 0.815. The first kappa shape index (κ1) is 10.2. The molecule has 86 valence electrons. The summed E-state index contributed by atoms with van der Waals surface area (Å²) in [5, 5.41) is 3.16. The quantitative estimate of drug-likeness (QED) is 0.846. The van der Waals surface area contributed by atoms with Gasteiger partial charge in [0, 0.05) is 19.2 Å². The van der Waals surface area contributed by atoms with Crippen molar-refractivity contribution in [1.82, 2.24) is 0 Å². The van der Waals surface area contributed by atoms with Crippen molar-refractivity contribution >= 4 is 5.69 Å². The minimum Gasteiger partial charge on any atom is -0.493 e. The van der Waals surface area contributed by atoms with Crippen molar-refractivity contribution < 1.29 is 4.74 Å². The van der Waals surface area contributed by atoms with Crippen LogP contribution in [-0.2, 0) is 6.42 Å². The molecule has 0 aliphatic carbocycles. The lowest BCUT2D eigenvalue weighted by atomic mass is 10.0. The molecule has 2 nitrogen and oxygen atoms in total. The molecule has 1 heterocycles. The summed E-state index contributed by atoms with van der Waals surface area (Å²) < 4.78 is 5.52. The Hall–Kier alpha value is -1.96. The molecule has 17 heavy (non-hydrogen) atoms. The largest absolute Gasteiger partial charge is 0.493 e. The maximum Gasteiger partial charge on any atom is 0.122 e. The van der Waals surface area contributed by atoms with Gasteiger partial charge >= 0.3 is 0 Å². The van der Waals surface area contributed by atoms with Gasteiger partial charge in [-0.1, -0.05) is 18.2 Å². The normalized spacial score (nSPS) is 13.0. The molecule has 2 aromatic carbocycles. The first-order chi connectivity index (χ1) is 8.36. The van der Waals surface area contributed by atoms with Crippen molar-refractivity contribution in [3.8, 4) is 16.9 Å². The van der Waals surface area contributed by atoms with Crippen LogP contribution in [0.25, 0.3) is 11.1 Å². The highest BCUT2D eigenvalue weighted by atomic mass is 16.5. The average Bonchev–Trinajstić information content (AvgIpc) is 2.86. The summed E-state index contributed by atoms with van der Waals surface area (Å²) >= 11 is 0. The van der Waals surface area contributed by atoms with E-state index in [4.69, 9.17) is 4.74 Å². The molecule has 0 amide bonds. The zero-order valence-corrected chi connectivity index (χ0v) is 9.86. The Labute approximate surface area is 101 Å². The second-order valence-electron chi connectivity index (χ2n) is 4.25. The zero-order valence-electron chi connectivity index (χ0n) is 9.86. The highest BCUT2D eigenvalue weighted by Gasteiger charge is 2.12. The predicted octanol–water partition coefficient (Wildman–Crippen LogP) is 3.33. The van der Waals surface area contributed by atoms with Gasteiger partial charge in [0.2, 0.25) is 0 Å². The van der Waals surface area contributed by atoms with Crippen molar-refractivity contribution in [3.63, 3.8) is 0 Å². The van der Waals surface area contributed by atoms with Gasteiger partial charge in [0.1, 0.15) is 5.75 Å². The molecule has 0 radical (unpaired) electrons. The lowest BCUT2D eigenvalue weighted by Gasteiger charge is -2.06. The van der Waals surface area contributed by atoms with Crippen LogP contribution in [0.1, 0.15) is 5.56 Å². The Morgan fingerprint density at radius 1 is 1.06 bits per heavy atom. The Morgan fingerprint density at radius 3 is 2.82 bits per heavy atom. The maximum atomic E-state index is 5.52. The van der Waals surface area contributed by atoms with Gasteiger partial charge in [0.25, 0.3) is 0 Å². The summed E-state index contributed by atoms with van der Waals surface area (Å²) in [6.07, 6.45) is 1.02. The predicted molar refractivity (Wildman–Crippen MR) is 70.6 cm³/mol. The van der Waals surface area contributed by atoms with E-state index in [1.54, 1.807) is 0 Å². The summed E-state index contributed by atoms with van der Waals surface area (Å²) in [6, 6.07) is 14.9. The number of anilines is 1. The molecular weight excluding hydrogens is 210 g/mol. The molecule has 0 saturated heterocycles. The first-order valence-electron chi connectivity index (χ1n) is 5.91. The molecule has 0 bridgehead atoms. The van der Waals surface area contributed by atoms with Gasteiger partial charge in [-0.05, 0) is 41.0 Å². The van der Waals surface area contributed by atoms with Crippen LogP contribution >= 0.6 is 0 Å². The molecule has 3 rings (SSSR count). The van der Waals surface area contributed by atoms with E-state index < -0.39 is 0 Å². The molecule has 0 unspecified atom stereocenters. The number of nitrogens with one attached hydrogen (secondary N) is 1. The van der Waals surface area contributed by atoms with E-state index in [1.807, 2.05) is 7.05 Å². The lowest BCUT2D eigenvalue weighted by molar-refractivity contribution is 0.357. The molecule has 1 N–H and O–H groups in total.